The molecule has 1 aromatic carbocycles. The first-order valence-electron chi connectivity index (χ1n) is 9.25. The first-order valence-corrected chi connectivity index (χ1v) is 9.25. The third kappa shape index (κ3) is 4.16. The van der Waals surface area contributed by atoms with E-state index in [1.807, 2.05) is 6.07 Å². The summed E-state index contributed by atoms with van der Waals surface area (Å²) < 4.78 is 0. The van der Waals surface area contributed by atoms with Crippen LogP contribution in [-0.2, 0) is 16.0 Å². The van der Waals surface area contributed by atoms with Crippen LogP contribution in [0, 0.1) is 11.8 Å². The minimum absolute atomic E-state index is 0.289. The van der Waals surface area contributed by atoms with E-state index in [0.29, 0.717) is 24.9 Å². The summed E-state index contributed by atoms with van der Waals surface area (Å²) in [6, 6.07) is 10.5. The molecule has 4 nitrogen and oxygen atoms in total. The zero-order chi connectivity index (χ0) is 16.9. The Bertz CT molecular complexity index is 556. The lowest BCUT2D eigenvalue weighted by atomic mass is 9.90. The maximum absolute atomic E-state index is 12.5. The number of rotatable bonds is 2. The van der Waals surface area contributed by atoms with E-state index in [1.165, 1.54) is 5.56 Å². The third-order valence-corrected chi connectivity index (χ3v) is 5.52. The Labute approximate surface area is 144 Å². The number of benzene rings is 1. The number of hydrogen-bond acceptors (Lipinski definition) is 2. The van der Waals surface area contributed by atoms with E-state index in [9.17, 15) is 9.59 Å². The van der Waals surface area contributed by atoms with E-state index in [-0.39, 0.29) is 11.8 Å². The van der Waals surface area contributed by atoms with Gasteiger partial charge in [-0.2, -0.15) is 0 Å². The molecule has 0 N–H and O–H groups in total. The van der Waals surface area contributed by atoms with E-state index >= 15 is 0 Å². The van der Waals surface area contributed by atoms with Gasteiger partial charge in [0.1, 0.15) is 0 Å². The Balaban J connectivity index is 1.47. The maximum atomic E-state index is 12.5. The molecule has 0 atom stereocenters. The summed E-state index contributed by atoms with van der Waals surface area (Å²) in [5.41, 5.74) is 1.36. The molecule has 2 aliphatic rings. The molecule has 0 aromatic heterocycles. The van der Waals surface area contributed by atoms with Crippen LogP contribution in [0.2, 0.25) is 0 Å². The normalized spacial score (nSPS) is 20.2. The summed E-state index contributed by atoms with van der Waals surface area (Å²) >= 11 is 0. The highest BCUT2D eigenvalue weighted by Crippen LogP contribution is 2.22. The molecule has 4 heteroatoms. The second kappa shape index (κ2) is 7.82. The van der Waals surface area contributed by atoms with Crippen LogP contribution in [0.5, 0.6) is 0 Å². The summed E-state index contributed by atoms with van der Waals surface area (Å²) in [4.78, 5) is 28.4. The van der Waals surface area contributed by atoms with Crippen molar-refractivity contribution in [3.63, 3.8) is 0 Å². The smallest absolute Gasteiger partial charge is 0.312 e. The SMILES string of the molecule is CC1CCN(C(=O)C(=O)N2CCC(Cc3ccccc3)CC2)CC1. The summed E-state index contributed by atoms with van der Waals surface area (Å²) in [6.07, 6.45) is 5.08. The number of amides is 2. The molecule has 0 aliphatic carbocycles. The fourth-order valence-electron chi connectivity index (χ4n) is 3.77. The highest BCUT2D eigenvalue weighted by molar-refractivity contribution is 6.34. The van der Waals surface area contributed by atoms with Gasteiger partial charge in [-0.1, -0.05) is 37.3 Å². The predicted molar refractivity (Wildman–Crippen MR) is 94.4 cm³/mol. The average molecular weight is 328 g/mol. The molecular formula is C20H28N2O2. The van der Waals surface area contributed by atoms with Crippen molar-refractivity contribution in [1.82, 2.24) is 9.80 Å². The van der Waals surface area contributed by atoms with Gasteiger partial charge in [0.15, 0.2) is 0 Å². The van der Waals surface area contributed by atoms with Crippen molar-refractivity contribution in [3.05, 3.63) is 35.9 Å². The lowest BCUT2D eigenvalue weighted by molar-refractivity contribution is -0.153. The van der Waals surface area contributed by atoms with Crippen molar-refractivity contribution in [2.75, 3.05) is 26.2 Å². The number of carbonyl (C=O) groups excluding carboxylic acids is 2. The minimum atomic E-state index is -0.289. The zero-order valence-electron chi connectivity index (χ0n) is 14.6. The van der Waals surface area contributed by atoms with Crippen LogP contribution in [0.15, 0.2) is 30.3 Å². The highest BCUT2D eigenvalue weighted by Gasteiger charge is 2.31. The third-order valence-electron chi connectivity index (χ3n) is 5.52. The number of piperidine rings is 2. The molecule has 2 aliphatic heterocycles. The molecule has 0 spiro atoms. The molecule has 130 valence electrons. The summed E-state index contributed by atoms with van der Waals surface area (Å²) in [6.45, 7) is 5.10. The molecular weight excluding hydrogens is 300 g/mol. The van der Waals surface area contributed by atoms with Crippen LogP contribution < -0.4 is 0 Å². The first kappa shape index (κ1) is 17.0. The Morgan fingerprint density at radius 3 is 1.92 bits per heavy atom. The number of hydrogen-bond donors (Lipinski definition) is 0. The van der Waals surface area contributed by atoms with Crippen LogP contribution in [0.25, 0.3) is 0 Å². The highest BCUT2D eigenvalue weighted by atomic mass is 16.2. The minimum Gasteiger partial charge on any atom is -0.334 e. The van der Waals surface area contributed by atoms with Crippen molar-refractivity contribution < 1.29 is 9.59 Å². The summed E-state index contributed by atoms with van der Waals surface area (Å²) in [7, 11) is 0. The second-order valence-corrected chi connectivity index (χ2v) is 7.40. The Hall–Kier alpha value is -1.84. The van der Waals surface area contributed by atoms with Gasteiger partial charge < -0.3 is 9.80 Å². The topological polar surface area (TPSA) is 40.6 Å². The Morgan fingerprint density at radius 2 is 1.38 bits per heavy atom. The zero-order valence-corrected chi connectivity index (χ0v) is 14.6. The molecule has 3 rings (SSSR count). The van der Waals surface area contributed by atoms with E-state index in [2.05, 4.69) is 31.2 Å². The molecule has 1 aromatic rings. The molecule has 0 saturated carbocycles. The lowest BCUT2D eigenvalue weighted by Crippen LogP contribution is -2.49. The van der Waals surface area contributed by atoms with E-state index < -0.39 is 0 Å². The number of likely N-dealkylation sites (tertiary alicyclic amines) is 2. The quantitative estimate of drug-likeness (QED) is 0.783. The largest absolute Gasteiger partial charge is 0.334 e. The molecule has 2 saturated heterocycles. The molecule has 0 bridgehead atoms. The van der Waals surface area contributed by atoms with Gasteiger partial charge in [-0.25, -0.2) is 0 Å². The molecule has 2 fully saturated rings. The molecule has 2 heterocycles. The Kier molecular flexibility index (Phi) is 5.54. The van der Waals surface area contributed by atoms with Gasteiger partial charge in [0.25, 0.3) is 0 Å². The predicted octanol–water partition coefficient (Wildman–Crippen LogP) is 2.73. The van der Waals surface area contributed by atoms with Crippen LogP contribution in [0.1, 0.15) is 38.2 Å². The lowest BCUT2D eigenvalue weighted by Gasteiger charge is -2.35. The van der Waals surface area contributed by atoms with E-state index in [0.717, 1.165) is 45.2 Å². The first-order chi connectivity index (χ1) is 11.6. The van der Waals surface area contributed by atoms with Crippen LogP contribution >= 0.6 is 0 Å². The average Bonchev–Trinajstić information content (AvgIpc) is 2.63. The van der Waals surface area contributed by atoms with Crippen LogP contribution in [0.3, 0.4) is 0 Å². The van der Waals surface area contributed by atoms with Crippen molar-refractivity contribution in [1.29, 1.82) is 0 Å². The van der Waals surface area contributed by atoms with Crippen LogP contribution in [0.4, 0.5) is 0 Å². The summed E-state index contributed by atoms with van der Waals surface area (Å²) in [5.74, 6) is 0.700. The molecule has 0 radical (unpaired) electrons. The monoisotopic (exact) mass is 328 g/mol. The van der Waals surface area contributed by atoms with Gasteiger partial charge in [0.05, 0.1) is 0 Å². The van der Waals surface area contributed by atoms with Gasteiger partial charge in [0, 0.05) is 26.2 Å². The standard InChI is InChI=1S/C20H28N2O2/c1-16-7-11-21(12-8-16)19(23)20(24)22-13-9-18(10-14-22)15-17-5-3-2-4-6-17/h2-6,16,18H,7-15H2,1H3. The molecule has 2 amide bonds. The van der Waals surface area contributed by atoms with E-state index in [1.54, 1.807) is 9.80 Å². The van der Waals surface area contributed by atoms with Gasteiger partial charge in [-0.3, -0.25) is 9.59 Å². The fourth-order valence-corrected chi connectivity index (χ4v) is 3.77. The second-order valence-electron chi connectivity index (χ2n) is 7.40. The van der Waals surface area contributed by atoms with Gasteiger partial charge in [0.2, 0.25) is 0 Å². The van der Waals surface area contributed by atoms with E-state index in [4.69, 9.17) is 0 Å². The Morgan fingerprint density at radius 1 is 0.875 bits per heavy atom. The molecule has 0 unspecified atom stereocenters. The number of carbonyl (C=O) groups is 2. The fraction of sp³-hybridized carbons (Fsp3) is 0.600. The van der Waals surface area contributed by atoms with Crippen LogP contribution in [-0.4, -0.2) is 47.8 Å². The van der Waals surface area contributed by atoms with Crippen molar-refractivity contribution in [3.8, 4) is 0 Å². The maximum Gasteiger partial charge on any atom is 0.312 e. The van der Waals surface area contributed by atoms with Crippen molar-refractivity contribution >= 4 is 11.8 Å². The summed E-state index contributed by atoms with van der Waals surface area (Å²) in [5, 5.41) is 0. The van der Waals surface area contributed by atoms with Gasteiger partial charge in [-0.05, 0) is 49.5 Å². The van der Waals surface area contributed by atoms with Gasteiger partial charge >= 0.3 is 11.8 Å². The van der Waals surface area contributed by atoms with Crippen molar-refractivity contribution in [2.24, 2.45) is 11.8 Å². The van der Waals surface area contributed by atoms with Gasteiger partial charge in [-0.15, -0.1) is 0 Å². The number of nitrogens with zero attached hydrogens (tertiary/aromatic N) is 2. The van der Waals surface area contributed by atoms with Crippen molar-refractivity contribution in [2.45, 2.75) is 39.0 Å². The molecule has 24 heavy (non-hydrogen) atoms.